The average molecular weight is 810 g/mol. The molecular formula is C47H88NO7P. The van der Waals surface area contributed by atoms with Gasteiger partial charge in [-0.15, -0.1) is 0 Å². The highest BCUT2D eigenvalue weighted by molar-refractivity contribution is 7.47. The van der Waals surface area contributed by atoms with Crippen LogP contribution in [-0.2, 0) is 27.9 Å². The monoisotopic (exact) mass is 810 g/mol. The first-order valence-electron chi connectivity index (χ1n) is 23.1. The molecule has 0 bridgehead atoms. The minimum Gasteiger partial charge on any atom is -0.457 e. The Morgan fingerprint density at radius 1 is 0.536 bits per heavy atom. The van der Waals surface area contributed by atoms with E-state index in [1.165, 1.54) is 122 Å². The zero-order valence-electron chi connectivity index (χ0n) is 36.4. The zero-order chi connectivity index (χ0) is 40.9. The zero-order valence-corrected chi connectivity index (χ0v) is 37.3. The van der Waals surface area contributed by atoms with E-state index in [0.717, 1.165) is 64.2 Å². The van der Waals surface area contributed by atoms with E-state index in [9.17, 15) is 14.3 Å². The molecule has 0 spiro atoms. The summed E-state index contributed by atoms with van der Waals surface area (Å²) in [6.45, 7) is 4.87. The second-order valence-electron chi connectivity index (χ2n) is 15.3. The minimum atomic E-state index is -4.28. The number of phosphoric ester groups is 1. The Labute approximate surface area is 345 Å². The van der Waals surface area contributed by atoms with Gasteiger partial charge >= 0.3 is 13.8 Å². The van der Waals surface area contributed by atoms with Crippen LogP contribution < -0.4 is 5.73 Å². The molecule has 0 aromatic carbocycles. The van der Waals surface area contributed by atoms with Gasteiger partial charge in [0.15, 0.2) is 0 Å². The van der Waals surface area contributed by atoms with Crippen molar-refractivity contribution < 1.29 is 32.8 Å². The van der Waals surface area contributed by atoms with E-state index in [1.807, 2.05) is 0 Å². The largest absolute Gasteiger partial charge is 0.472 e. The second kappa shape index (κ2) is 44.6. The molecule has 0 fully saturated rings. The summed E-state index contributed by atoms with van der Waals surface area (Å²) in [5.41, 5.74) is 5.37. The molecule has 0 aliphatic rings. The number of hydrogen-bond acceptors (Lipinski definition) is 7. The van der Waals surface area contributed by atoms with Gasteiger partial charge in [-0.1, -0.05) is 172 Å². The maximum atomic E-state index is 12.6. The lowest BCUT2D eigenvalue weighted by Crippen LogP contribution is -2.28. The third kappa shape index (κ3) is 43.6. The fourth-order valence-corrected chi connectivity index (χ4v) is 7.06. The van der Waals surface area contributed by atoms with Crippen molar-refractivity contribution in [1.29, 1.82) is 0 Å². The van der Waals surface area contributed by atoms with E-state index in [0.29, 0.717) is 13.0 Å². The van der Waals surface area contributed by atoms with Gasteiger partial charge in [0, 0.05) is 19.6 Å². The summed E-state index contributed by atoms with van der Waals surface area (Å²) in [5.74, 6) is -0.345. The predicted octanol–water partition coefficient (Wildman–Crippen LogP) is 14.0. The number of phosphoric acid groups is 1. The summed E-state index contributed by atoms with van der Waals surface area (Å²) in [6.07, 6.45) is 52.7. The quantitative estimate of drug-likeness (QED) is 0.0270. The summed E-state index contributed by atoms with van der Waals surface area (Å²) >= 11 is 0. The fourth-order valence-electron chi connectivity index (χ4n) is 6.29. The standard InChI is InChI=1S/C47H88NO7P/c1-3-5-7-9-11-13-15-17-19-20-21-22-23-24-25-27-29-31-33-35-37-39-42-52-44-46(45-54-56(50,51)53-43-41-48)55-47(49)40-38-36-34-32-30-28-26-18-16-14-12-10-8-6-4-2/h12,14-15,17-18,20-21,26,46H,3-11,13,16,19,22-25,27-45,48H2,1-2H3,(H,50,51)/b14-12-,17-15-,21-20-,26-18-. The molecule has 0 radical (unpaired) electrons. The fraction of sp³-hybridized carbons (Fsp3) is 0.809. The van der Waals surface area contributed by atoms with Crippen LogP contribution in [0.3, 0.4) is 0 Å². The van der Waals surface area contributed by atoms with Crippen LogP contribution in [-0.4, -0.2) is 49.9 Å². The molecule has 2 atom stereocenters. The van der Waals surface area contributed by atoms with Crippen molar-refractivity contribution in [2.24, 2.45) is 5.73 Å². The van der Waals surface area contributed by atoms with Crippen molar-refractivity contribution in [2.75, 3.05) is 33.0 Å². The first-order valence-corrected chi connectivity index (χ1v) is 24.6. The number of carbonyl (C=O) groups excluding carboxylic acids is 1. The number of esters is 1. The number of rotatable bonds is 44. The summed E-state index contributed by atoms with van der Waals surface area (Å²) < 4.78 is 33.5. The van der Waals surface area contributed by atoms with Crippen LogP contribution >= 0.6 is 7.82 Å². The molecule has 56 heavy (non-hydrogen) atoms. The van der Waals surface area contributed by atoms with Crippen molar-refractivity contribution in [1.82, 2.24) is 0 Å². The first-order chi connectivity index (χ1) is 27.4. The van der Waals surface area contributed by atoms with Crippen molar-refractivity contribution in [3.05, 3.63) is 48.6 Å². The van der Waals surface area contributed by atoms with Crippen LogP contribution in [0.5, 0.6) is 0 Å². The third-order valence-corrected chi connectivity index (χ3v) is 10.7. The van der Waals surface area contributed by atoms with E-state index in [-0.39, 0.29) is 32.3 Å². The Morgan fingerprint density at radius 2 is 0.946 bits per heavy atom. The van der Waals surface area contributed by atoms with E-state index >= 15 is 0 Å². The van der Waals surface area contributed by atoms with E-state index in [1.54, 1.807) is 0 Å². The van der Waals surface area contributed by atoms with Crippen LogP contribution in [0.1, 0.15) is 206 Å². The summed E-state index contributed by atoms with van der Waals surface area (Å²) in [6, 6.07) is 0. The molecule has 3 N–H and O–H groups in total. The maximum absolute atomic E-state index is 12.6. The van der Waals surface area contributed by atoms with Crippen LogP contribution in [0.25, 0.3) is 0 Å². The van der Waals surface area contributed by atoms with Gasteiger partial charge in [-0.05, 0) is 77.0 Å². The molecule has 0 saturated heterocycles. The minimum absolute atomic E-state index is 0.0962. The Bertz CT molecular complexity index is 999. The second-order valence-corrected chi connectivity index (χ2v) is 16.7. The lowest BCUT2D eigenvalue weighted by atomic mass is 10.1. The Morgan fingerprint density at radius 3 is 1.43 bits per heavy atom. The van der Waals surface area contributed by atoms with E-state index in [4.69, 9.17) is 24.3 Å². The van der Waals surface area contributed by atoms with E-state index in [2.05, 4.69) is 62.5 Å². The molecule has 9 heteroatoms. The smallest absolute Gasteiger partial charge is 0.457 e. The van der Waals surface area contributed by atoms with Crippen LogP contribution in [0.15, 0.2) is 48.6 Å². The number of ether oxygens (including phenoxy) is 2. The van der Waals surface area contributed by atoms with Gasteiger partial charge in [0.05, 0.1) is 19.8 Å². The lowest BCUT2D eigenvalue weighted by Gasteiger charge is -2.20. The van der Waals surface area contributed by atoms with Gasteiger partial charge in [-0.2, -0.15) is 0 Å². The Kier molecular flexibility index (Phi) is 43.3. The summed E-state index contributed by atoms with van der Waals surface area (Å²) in [5, 5.41) is 0. The van der Waals surface area contributed by atoms with Crippen molar-refractivity contribution in [3.63, 3.8) is 0 Å². The number of allylic oxidation sites excluding steroid dienone is 8. The highest BCUT2D eigenvalue weighted by Crippen LogP contribution is 2.43. The van der Waals surface area contributed by atoms with Gasteiger partial charge in [0.25, 0.3) is 0 Å². The average Bonchev–Trinajstić information content (AvgIpc) is 3.19. The van der Waals surface area contributed by atoms with Crippen LogP contribution in [0.2, 0.25) is 0 Å². The maximum Gasteiger partial charge on any atom is 0.472 e. The summed E-state index contributed by atoms with van der Waals surface area (Å²) in [4.78, 5) is 22.5. The highest BCUT2D eigenvalue weighted by Gasteiger charge is 2.25. The third-order valence-electron chi connectivity index (χ3n) is 9.72. The van der Waals surface area contributed by atoms with Gasteiger partial charge in [-0.25, -0.2) is 4.57 Å². The van der Waals surface area contributed by atoms with Gasteiger partial charge < -0.3 is 20.1 Å². The first kappa shape index (κ1) is 54.5. The Hall–Kier alpha value is -1.54. The van der Waals surface area contributed by atoms with Crippen LogP contribution in [0.4, 0.5) is 0 Å². The Balaban J connectivity index is 3.99. The van der Waals surface area contributed by atoms with Gasteiger partial charge in [0.1, 0.15) is 6.10 Å². The molecule has 0 aromatic heterocycles. The molecule has 2 unspecified atom stereocenters. The predicted molar refractivity (Wildman–Crippen MR) is 238 cm³/mol. The van der Waals surface area contributed by atoms with Gasteiger partial charge in [-0.3, -0.25) is 13.8 Å². The molecule has 0 aromatic rings. The molecule has 0 heterocycles. The normalized spacial score (nSPS) is 13.9. The summed E-state index contributed by atoms with van der Waals surface area (Å²) in [7, 11) is -4.28. The lowest BCUT2D eigenvalue weighted by molar-refractivity contribution is -0.154. The molecule has 0 amide bonds. The molecule has 0 rings (SSSR count). The van der Waals surface area contributed by atoms with Gasteiger partial charge in [0.2, 0.25) is 0 Å². The molecule has 8 nitrogen and oxygen atoms in total. The number of hydrogen-bond donors (Lipinski definition) is 2. The SMILES string of the molecule is CCCCC/C=C\C/C=C\CCCCCCCC(=O)OC(COCCCCCCCCCCCC/C=C\C/C=C\CCCCCCC)COP(=O)(O)OCCN. The van der Waals surface area contributed by atoms with Crippen molar-refractivity contribution in [2.45, 2.75) is 213 Å². The topological polar surface area (TPSA) is 117 Å². The van der Waals surface area contributed by atoms with E-state index < -0.39 is 13.9 Å². The van der Waals surface area contributed by atoms with Crippen LogP contribution in [0, 0.1) is 0 Å². The van der Waals surface area contributed by atoms with Crippen molar-refractivity contribution in [3.8, 4) is 0 Å². The highest BCUT2D eigenvalue weighted by atomic mass is 31.2. The van der Waals surface area contributed by atoms with Crippen molar-refractivity contribution >= 4 is 13.8 Å². The number of unbranched alkanes of at least 4 members (excludes halogenated alkanes) is 23. The number of carbonyl (C=O) groups is 1. The molecular weight excluding hydrogens is 721 g/mol. The molecule has 0 saturated carbocycles. The molecule has 0 aliphatic heterocycles. The molecule has 0 aliphatic carbocycles. The number of nitrogens with two attached hydrogens (primary N) is 1. The molecule has 328 valence electrons.